The summed E-state index contributed by atoms with van der Waals surface area (Å²) in [4.78, 5) is 0. The molecule has 0 unspecified atom stereocenters. The molecule has 0 aliphatic rings. The Morgan fingerprint density at radius 3 is 2.69 bits per heavy atom. The van der Waals surface area contributed by atoms with Crippen molar-refractivity contribution in [2.45, 2.75) is 58.9 Å². The van der Waals surface area contributed by atoms with Crippen LogP contribution < -0.4 is 4.57 Å². The summed E-state index contributed by atoms with van der Waals surface area (Å²) < 4.78 is 4.81. The molecule has 0 N–H and O–H groups in total. The number of imidazole rings is 1. The third kappa shape index (κ3) is 3.85. The molecule has 1 aromatic rings. The molecule has 0 saturated carbocycles. The maximum atomic E-state index is 2.41. The van der Waals surface area contributed by atoms with E-state index >= 15 is 0 Å². The van der Waals surface area contributed by atoms with Gasteiger partial charge in [-0.15, -0.1) is 11.8 Å². The van der Waals surface area contributed by atoms with Gasteiger partial charge in [-0.05, 0) is 18.6 Å². The summed E-state index contributed by atoms with van der Waals surface area (Å²) in [6.45, 7) is 7.91. The predicted molar refractivity (Wildman–Crippen MR) is 71.7 cm³/mol. The Balaban J connectivity index is 2.58. The van der Waals surface area contributed by atoms with Gasteiger partial charge in [-0.25, -0.2) is 9.13 Å². The van der Waals surface area contributed by atoms with Gasteiger partial charge in [-0.1, -0.05) is 27.2 Å². The lowest BCUT2D eigenvalue weighted by atomic mass is 10.3. The van der Waals surface area contributed by atoms with Crippen molar-refractivity contribution < 1.29 is 4.57 Å². The smallest absolute Gasteiger partial charge is 0.234 e. The molecule has 1 aromatic heterocycles. The summed E-state index contributed by atoms with van der Waals surface area (Å²) in [5, 5.41) is 0. The number of aromatic nitrogens is 2. The van der Waals surface area contributed by atoms with E-state index in [-0.39, 0.29) is 0 Å². The van der Waals surface area contributed by atoms with Gasteiger partial charge in [0.2, 0.25) is 0 Å². The molecule has 2 nitrogen and oxygen atoms in total. The minimum atomic E-state index is 1.11. The molecule has 1 rings (SSSR count). The fourth-order valence-electron chi connectivity index (χ4n) is 1.86. The number of hydrogen-bond acceptors (Lipinski definition) is 1. The van der Waals surface area contributed by atoms with Crippen LogP contribution in [-0.2, 0) is 18.8 Å². The monoisotopic (exact) mass is 241 g/mol. The van der Waals surface area contributed by atoms with Gasteiger partial charge in [0, 0.05) is 6.42 Å². The largest absolute Gasteiger partial charge is 0.256 e. The van der Waals surface area contributed by atoms with Crippen molar-refractivity contribution in [3.05, 3.63) is 18.2 Å². The Hall–Kier alpha value is -0.440. The first-order chi connectivity index (χ1) is 7.83. The Bertz CT molecular complexity index is 294. The van der Waals surface area contributed by atoms with Gasteiger partial charge in [0.15, 0.2) is 0 Å². The number of rotatable bonds is 8. The van der Waals surface area contributed by atoms with E-state index in [9.17, 15) is 0 Å². The van der Waals surface area contributed by atoms with E-state index < -0.39 is 0 Å². The number of aryl methyl sites for hydroxylation is 1. The average Bonchev–Trinajstić information content (AvgIpc) is 2.69. The third-order valence-corrected chi connectivity index (χ3v) is 3.89. The highest BCUT2D eigenvalue weighted by molar-refractivity contribution is 7.98. The van der Waals surface area contributed by atoms with Gasteiger partial charge in [-0.2, -0.15) is 0 Å². The molecule has 0 spiro atoms. The highest BCUT2D eigenvalue weighted by Gasteiger charge is 2.13. The van der Waals surface area contributed by atoms with E-state index in [0.29, 0.717) is 0 Å². The summed E-state index contributed by atoms with van der Waals surface area (Å²) in [6, 6.07) is 0. The fraction of sp³-hybridized carbons (Fsp3) is 0.769. The highest BCUT2D eigenvalue weighted by atomic mass is 32.2. The lowest BCUT2D eigenvalue weighted by Gasteiger charge is -2.02. The second-order valence-electron chi connectivity index (χ2n) is 4.12. The molecule has 16 heavy (non-hydrogen) atoms. The molecular weight excluding hydrogens is 216 g/mol. The predicted octanol–water partition coefficient (Wildman–Crippen LogP) is 3.24. The second kappa shape index (κ2) is 7.77. The summed E-state index contributed by atoms with van der Waals surface area (Å²) in [5.41, 5.74) is 0. The molecule has 0 fully saturated rings. The maximum absolute atomic E-state index is 2.41. The third-order valence-electron chi connectivity index (χ3n) is 2.74. The van der Waals surface area contributed by atoms with Crippen LogP contribution in [0, 0.1) is 0 Å². The van der Waals surface area contributed by atoms with Crippen molar-refractivity contribution >= 4 is 11.8 Å². The first kappa shape index (κ1) is 13.6. The van der Waals surface area contributed by atoms with Crippen LogP contribution >= 0.6 is 11.8 Å². The van der Waals surface area contributed by atoms with Crippen LogP contribution in [0.25, 0.3) is 0 Å². The molecule has 0 amide bonds. The van der Waals surface area contributed by atoms with Gasteiger partial charge in [0.05, 0.1) is 6.54 Å². The summed E-state index contributed by atoms with van der Waals surface area (Å²) in [7, 11) is 0. The zero-order valence-corrected chi connectivity index (χ0v) is 11.7. The fourth-order valence-corrected chi connectivity index (χ4v) is 2.71. The standard InChI is InChI=1S/C13H25N2S/c1-4-7-8-14-9-10-15(13(14)6-3)12-16-11-5-2/h9-10H,4-8,11-12H2,1-3H3/q+1. The van der Waals surface area contributed by atoms with E-state index in [1.165, 1.54) is 37.4 Å². The maximum Gasteiger partial charge on any atom is 0.256 e. The van der Waals surface area contributed by atoms with E-state index in [4.69, 9.17) is 0 Å². The van der Waals surface area contributed by atoms with E-state index in [0.717, 1.165) is 12.3 Å². The average molecular weight is 241 g/mol. The molecule has 3 heteroatoms. The number of unbranched alkanes of at least 4 members (excludes halogenated alkanes) is 1. The highest BCUT2D eigenvalue weighted by Crippen LogP contribution is 2.05. The van der Waals surface area contributed by atoms with Crippen LogP contribution in [0.1, 0.15) is 45.9 Å². The minimum absolute atomic E-state index is 1.11. The van der Waals surface area contributed by atoms with Crippen molar-refractivity contribution in [1.82, 2.24) is 4.57 Å². The zero-order chi connectivity index (χ0) is 11.8. The number of hydrogen-bond donors (Lipinski definition) is 0. The normalized spacial score (nSPS) is 10.9. The van der Waals surface area contributed by atoms with Crippen LogP contribution in [0.2, 0.25) is 0 Å². The van der Waals surface area contributed by atoms with Gasteiger partial charge in [0.1, 0.15) is 18.3 Å². The van der Waals surface area contributed by atoms with E-state index in [2.05, 4.69) is 42.3 Å². The molecule has 0 aliphatic heterocycles. The minimum Gasteiger partial charge on any atom is -0.234 e. The van der Waals surface area contributed by atoms with Crippen LogP contribution in [0.4, 0.5) is 0 Å². The van der Waals surface area contributed by atoms with Crippen molar-refractivity contribution in [2.24, 2.45) is 0 Å². The number of nitrogens with zero attached hydrogens (tertiary/aromatic N) is 2. The Morgan fingerprint density at radius 2 is 2.06 bits per heavy atom. The molecule has 1 heterocycles. The van der Waals surface area contributed by atoms with Gasteiger partial charge >= 0.3 is 0 Å². The molecule has 0 saturated heterocycles. The van der Waals surface area contributed by atoms with Crippen molar-refractivity contribution in [3.63, 3.8) is 0 Å². The molecule has 0 atom stereocenters. The molecule has 92 valence electrons. The quantitative estimate of drug-likeness (QED) is 0.501. The first-order valence-electron chi connectivity index (χ1n) is 6.48. The van der Waals surface area contributed by atoms with E-state index in [1.807, 2.05) is 11.8 Å². The first-order valence-corrected chi connectivity index (χ1v) is 7.64. The Morgan fingerprint density at radius 1 is 1.25 bits per heavy atom. The molecule has 0 radical (unpaired) electrons. The lowest BCUT2D eigenvalue weighted by molar-refractivity contribution is -0.683. The molecule has 0 aliphatic carbocycles. The Kier molecular flexibility index (Phi) is 6.62. The van der Waals surface area contributed by atoms with Crippen LogP contribution in [0.15, 0.2) is 12.4 Å². The summed E-state index contributed by atoms with van der Waals surface area (Å²) in [5.74, 6) is 3.84. The van der Waals surface area contributed by atoms with Gasteiger partial charge < -0.3 is 0 Å². The SMILES string of the molecule is CCCCn1cc[n+](CSCCC)c1CC. The van der Waals surface area contributed by atoms with Crippen molar-refractivity contribution in [1.29, 1.82) is 0 Å². The second-order valence-corrected chi connectivity index (χ2v) is 5.20. The van der Waals surface area contributed by atoms with Crippen LogP contribution in [0.5, 0.6) is 0 Å². The summed E-state index contributed by atoms with van der Waals surface area (Å²) >= 11 is 2.02. The molecule has 0 aromatic carbocycles. The van der Waals surface area contributed by atoms with Gasteiger partial charge in [-0.3, -0.25) is 0 Å². The van der Waals surface area contributed by atoms with Crippen molar-refractivity contribution in [2.75, 3.05) is 5.75 Å². The molecular formula is C13H25N2S+. The van der Waals surface area contributed by atoms with Crippen molar-refractivity contribution in [3.8, 4) is 0 Å². The van der Waals surface area contributed by atoms with Crippen LogP contribution in [-0.4, -0.2) is 10.3 Å². The Labute approximate surface area is 104 Å². The summed E-state index contributed by atoms with van der Waals surface area (Å²) in [6.07, 6.45) is 9.42. The molecule has 0 bridgehead atoms. The van der Waals surface area contributed by atoms with Crippen LogP contribution in [0.3, 0.4) is 0 Å². The van der Waals surface area contributed by atoms with E-state index in [1.54, 1.807) is 0 Å². The van der Waals surface area contributed by atoms with Gasteiger partial charge in [0.25, 0.3) is 5.82 Å². The topological polar surface area (TPSA) is 8.81 Å². The lowest BCUT2D eigenvalue weighted by Crippen LogP contribution is -2.35. The zero-order valence-electron chi connectivity index (χ0n) is 10.9. The number of thioether (sulfide) groups is 1.